The number of nitrogens with one attached hydrogen (secondary N) is 1. The molecule has 3 heteroatoms. The quantitative estimate of drug-likeness (QED) is 0.725. The molecule has 1 aliphatic rings. The van der Waals surface area contributed by atoms with Crippen molar-refractivity contribution in [3.05, 3.63) is 0 Å². The minimum Gasteiger partial charge on any atom is -0.385 e. The first-order valence-corrected chi connectivity index (χ1v) is 7.50. The summed E-state index contributed by atoms with van der Waals surface area (Å²) in [7, 11) is 1.78. The van der Waals surface area contributed by atoms with Crippen molar-refractivity contribution in [2.24, 2.45) is 5.92 Å². The zero-order valence-corrected chi connectivity index (χ0v) is 12.6. The second-order valence-corrected chi connectivity index (χ2v) is 5.81. The maximum Gasteiger partial charge on any atom is 0.0809 e. The van der Waals surface area contributed by atoms with Gasteiger partial charge in [0.2, 0.25) is 0 Å². The molecular formula is C15H31NO2. The molecule has 1 N–H and O–H groups in total. The van der Waals surface area contributed by atoms with Gasteiger partial charge in [-0.15, -0.1) is 0 Å². The molecule has 0 saturated carbocycles. The van der Waals surface area contributed by atoms with Gasteiger partial charge in [0.25, 0.3) is 0 Å². The Morgan fingerprint density at radius 2 is 2.17 bits per heavy atom. The largest absolute Gasteiger partial charge is 0.385 e. The van der Waals surface area contributed by atoms with Crippen LogP contribution in [0.4, 0.5) is 0 Å². The van der Waals surface area contributed by atoms with Crippen molar-refractivity contribution in [3.63, 3.8) is 0 Å². The summed E-state index contributed by atoms with van der Waals surface area (Å²) in [5.74, 6) is 0.583. The first kappa shape index (κ1) is 15.9. The molecule has 0 spiro atoms. The molecule has 3 unspecified atom stereocenters. The van der Waals surface area contributed by atoms with E-state index in [1.165, 1.54) is 25.7 Å². The van der Waals surface area contributed by atoms with Crippen molar-refractivity contribution in [1.82, 2.24) is 5.32 Å². The number of rotatable bonds is 8. The minimum atomic E-state index is 0.000574. The second-order valence-electron chi connectivity index (χ2n) is 5.81. The Labute approximate surface area is 113 Å². The molecule has 0 aromatic rings. The van der Waals surface area contributed by atoms with Crippen LogP contribution in [-0.2, 0) is 9.47 Å². The number of hydrogen-bond donors (Lipinski definition) is 1. The standard InChI is InChI=1S/C15H31NO2/c1-5-10-16-14(13(2)8-12-17-4)15(3)9-6-7-11-18-15/h13-14,16H,5-12H2,1-4H3. The first-order valence-electron chi connectivity index (χ1n) is 7.50. The molecule has 0 bridgehead atoms. The maximum atomic E-state index is 6.12. The van der Waals surface area contributed by atoms with Crippen LogP contribution in [0.3, 0.4) is 0 Å². The predicted molar refractivity (Wildman–Crippen MR) is 75.9 cm³/mol. The summed E-state index contributed by atoms with van der Waals surface area (Å²) in [4.78, 5) is 0. The molecule has 1 aliphatic heterocycles. The van der Waals surface area contributed by atoms with E-state index in [2.05, 4.69) is 26.1 Å². The lowest BCUT2D eigenvalue weighted by Crippen LogP contribution is -2.55. The van der Waals surface area contributed by atoms with E-state index in [1.54, 1.807) is 7.11 Å². The summed E-state index contributed by atoms with van der Waals surface area (Å²) in [5, 5.41) is 3.71. The van der Waals surface area contributed by atoms with Crippen LogP contribution in [0.15, 0.2) is 0 Å². The Morgan fingerprint density at radius 3 is 2.72 bits per heavy atom. The van der Waals surface area contributed by atoms with Gasteiger partial charge in [-0.2, -0.15) is 0 Å². The average molecular weight is 257 g/mol. The highest BCUT2D eigenvalue weighted by Crippen LogP contribution is 2.32. The third-order valence-electron chi connectivity index (χ3n) is 4.12. The van der Waals surface area contributed by atoms with E-state index in [1.807, 2.05) is 0 Å². The maximum absolute atomic E-state index is 6.12. The smallest absolute Gasteiger partial charge is 0.0809 e. The molecule has 108 valence electrons. The molecule has 3 nitrogen and oxygen atoms in total. The van der Waals surface area contributed by atoms with Crippen LogP contribution in [0.1, 0.15) is 52.9 Å². The monoisotopic (exact) mass is 257 g/mol. The van der Waals surface area contributed by atoms with Gasteiger partial charge >= 0.3 is 0 Å². The Kier molecular flexibility index (Phi) is 7.20. The van der Waals surface area contributed by atoms with Crippen LogP contribution >= 0.6 is 0 Å². The van der Waals surface area contributed by atoms with Crippen molar-refractivity contribution in [3.8, 4) is 0 Å². The van der Waals surface area contributed by atoms with Gasteiger partial charge in [0, 0.05) is 26.4 Å². The number of methoxy groups -OCH3 is 1. The zero-order chi connectivity index (χ0) is 13.4. The second kappa shape index (κ2) is 8.13. The van der Waals surface area contributed by atoms with Gasteiger partial charge in [-0.05, 0) is 51.5 Å². The van der Waals surface area contributed by atoms with Crippen molar-refractivity contribution in [1.29, 1.82) is 0 Å². The third-order valence-corrected chi connectivity index (χ3v) is 4.12. The zero-order valence-electron chi connectivity index (χ0n) is 12.6. The summed E-state index contributed by atoms with van der Waals surface area (Å²) < 4.78 is 11.3. The van der Waals surface area contributed by atoms with E-state index in [9.17, 15) is 0 Å². The fourth-order valence-corrected chi connectivity index (χ4v) is 2.99. The lowest BCUT2D eigenvalue weighted by molar-refractivity contribution is -0.100. The van der Waals surface area contributed by atoms with Crippen LogP contribution in [0.5, 0.6) is 0 Å². The molecule has 1 heterocycles. The van der Waals surface area contributed by atoms with E-state index in [4.69, 9.17) is 9.47 Å². The highest BCUT2D eigenvalue weighted by Gasteiger charge is 2.39. The average Bonchev–Trinajstić information content (AvgIpc) is 2.37. The molecule has 1 fully saturated rings. The number of hydrogen-bond acceptors (Lipinski definition) is 3. The Morgan fingerprint density at radius 1 is 1.39 bits per heavy atom. The molecular weight excluding hydrogens is 226 g/mol. The first-order chi connectivity index (χ1) is 8.64. The minimum absolute atomic E-state index is 0.000574. The van der Waals surface area contributed by atoms with Gasteiger partial charge in [-0.25, -0.2) is 0 Å². The fraction of sp³-hybridized carbons (Fsp3) is 1.00. The van der Waals surface area contributed by atoms with Crippen LogP contribution < -0.4 is 5.32 Å². The predicted octanol–water partition coefficient (Wildman–Crippen LogP) is 2.99. The molecule has 18 heavy (non-hydrogen) atoms. The van der Waals surface area contributed by atoms with E-state index >= 15 is 0 Å². The lowest BCUT2D eigenvalue weighted by atomic mass is 9.80. The van der Waals surface area contributed by atoms with Crippen molar-refractivity contribution in [2.75, 3.05) is 26.9 Å². The summed E-state index contributed by atoms with van der Waals surface area (Å²) in [6.45, 7) is 9.63. The van der Waals surface area contributed by atoms with Crippen LogP contribution in [0.2, 0.25) is 0 Å². The van der Waals surface area contributed by atoms with Crippen molar-refractivity contribution in [2.45, 2.75) is 64.5 Å². The molecule has 3 atom stereocenters. The Bertz CT molecular complexity index is 215. The Hall–Kier alpha value is -0.120. The molecule has 0 radical (unpaired) electrons. The van der Waals surface area contributed by atoms with E-state index in [0.717, 1.165) is 26.2 Å². The highest BCUT2D eigenvalue weighted by atomic mass is 16.5. The van der Waals surface area contributed by atoms with Gasteiger partial charge in [-0.1, -0.05) is 13.8 Å². The Balaban J connectivity index is 2.62. The molecule has 1 saturated heterocycles. The van der Waals surface area contributed by atoms with Crippen LogP contribution in [0.25, 0.3) is 0 Å². The molecule has 0 aliphatic carbocycles. The lowest BCUT2D eigenvalue weighted by Gasteiger charge is -2.44. The van der Waals surface area contributed by atoms with Gasteiger partial charge in [-0.3, -0.25) is 0 Å². The normalized spacial score (nSPS) is 28.0. The summed E-state index contributed by atoms with van der Waals surface area (Å²) >= 11 is 0. The summed E-state index contributed by atoms with van der Waals surface area (Å²) in [5.41, 5.74) is 0.000574. The summed E-state index contributed by atoms with van der Waals surface area (Å²) in [6.07, 6.45) is 5.94. The van der Waals surface area contributed by atoms with Gasteiger partial charge in [0.05, 0.1) is 5.60 Å². The van der Waals surface area contributed by atoms with Crippen molar-refractivity contribution < 1.29 is 9.47 Å². The molecule has 0 amide bonds. The fourth-order valence-electron chi connectivity index (χ4n) is 2.99. The molecule has 0 aromatic carbocycles. The van der Waals surface area contributed by atoms with Crippen LogP contribution in [0, 0.1) is 5.92 Å². The van der Waals surface area contributed by atoms with Crippen LogP contribution in [-0.4, -0.2) is 38.5 Å². The van der Waals surface area contributed by atoms with Gasteiger partial charge < -0.3 is 14.8 Å². The van der Waals surface area contributed by atoms with E-state index in [-0.39, 0.29) is 5.60 Å². The molecule has 1 rings (SSSR count). The number of ether oxygens (including phenoxy) is 2. The summed E-state index contributed by atoms with van der Waals surface area (Å²) in [6, 6.07) is 0.438. The van der Waals surface area contributed by atoms with Gasteiger partial charge in [0.1, 0.15) is 0 Å². The topological polar surface area (TPSA) is 30.5 Å². The van der Waals surface area contributed by atoms with E-state index in [0.29, 0.717) is 12.0 Å². The molecule has 0 aromatic heterocycles. The SMILES string of the molecule is CCCNC(C(C)CCOC)C1(C)CCCCO1. The van der Waals surface area contributed by atoms with E-state index < -0.39 is 0 Å². The van der Waals surface area contributed by atoms with Crippen molar-refractivity contribution >= 4 is 0 Å². The highest BCUT2D eigenvalue weighted by molar-refractivity contribution is 4.94. The third kappa shape index (κ3) is 4.52. The van der Waals surface area contributed by atoms with Gasteiger partial charge in [0.15, 0.2) is 0 Å².